The number of aromatic nitrogens is 1. The van der Waals surface area contributed by atoms with Crippen LogP contribution in [0.4, 0.5) is 8.78 Å². The van der Waals surface area contributed by atoms with Gasteiger partial charge in [-0.25, -0.2) is 19.6 Å². The van der Waals surface area contributed by atoms with Crippen LogP contribution < -0.4 is 11.6 Å². The molecule has 39 heavy (non-hydrogen) atoms. The molecule has 1 fully saturated rings. The first kappa shape index (κ1) is 29.9. The fraction of sp³-hybridized carbons (Fsp3) is 0.320. The van der Waals surface area contributed by atoms with E-state index >= 15 is 0 Å². The van der Waals surface area contributed by atoms with Crippen molar-refractivity contribution in [3.8, 4) is 0 Å². The third kappa shape index (κ3) is 7.99. The summed E-state index contributed by atoms with van der Waals surface area (Å²) >= 11 is 19.3. The topological polar surface area (TPSA) is 109 Å². The molecule has 4 N–H and O–H groups in total. The summed E-state index contributed by atoms with van der Waals surface area (Å²) in [6.45, 7) is 2.49. The Morgan fingerprint density at radius 2 is 1.97 bits per heavy atom. The number of hydrogen-bond acceptors (Lipinski definition) is 9. The van der Waals surface area contributed by atoms with E-state index in [1.165, 1.54) is 35.6 Å². The first-order valence-corrected chi connectivity index (χ1v) is 13.6. The molecule has 14 heteroatoms. The maximum absolute atomic E-state index is 14.0. The van der Waals surface area contributed by atoms with Gasteiger partial charge in [0.15, 0.2) is 6.39 Å². The average molecular weight is 622 g/mol. The number of benzene rings is 2. The minimum absolute atomic E-state index is 0.0119. The summed E-state index contributed by atoms with van der Waals surface area (Å²) in [5.74, 6) is 4.39. The van der Waals surface area contributed by atoms with Crippen molar-refractivity contribution in [3.63, 3.8) is 0 Å². The van der Waals surface area contributed by atoms with Gasteiger partial charge in [-0.05, 0) is 37.3 Å². The Kier molecular flexibility index (Phi) is 10.4. The second-order valence-electron chi connectivity index (χ2n) is 8.64. The second-order valence-corrected chi connectivity index (χ2v) is 11.0. The number of rotatable bonds is 12. The molecular formula is C25H25Cl3F2N4O4S. The van der Waals surface area contributed by atoms with Crippen molar-refractivity contribution in [3.05, 3.63) is 87.1 Å². The average Bonchev–Trinajstić information content (AvgIpc) is 3.42. The smallest absolute Gasteiger partial charge is 0.180 e. The monoisotopic (exact) mass is 620 g/mol. The van der Waals surface area contributed by atoms with Crippen LogP contribution in [0.2, 0.25) is 15.1 Å². The van der Waals surface area contributed by atoms with Crippen LogP contribution in [0.15, 0.2) is 58.5 Å². The van der Waals surface area contributed by atoms with Crippen LogP contribution in [0.3, 0.4) is 0 Å². The second kappa shape index (κ2) is 13.5. The summed E-state index contributed by atoms with van der Waals surface area (Å²) in [6.07, 6.45) is 3.13. The normalized spacial score (nSPS) is 19.0. The molecule has 2 aromatic carbocycles. The number of hydrogen-bond donors (Lipinski definition) is 2. The first-order valence-electron chi connectivity index (χ1n) is 11.6. The predicted octanol–water partition coefficient (Wildman–Crippen LogP) is 5.85. The summed E-state index contributed by atoms with van der Waals surface area (Å²) in [7, 11) is 0. The van der Waals surface area contributed by atoms with E-state index < -0.39 is 28.2 Å². The lowest BCUT2D eigenvalue weighted by Crippen LogP contribution is -2.50. The largest absolute Gasteiger partial charge is 0.451 e. The Balaban J connectivity index is 1.58. The van der Waals surface area contributed by atoms with E-state index in [4.69, 9.17) is 65.0 Å². The van der Waals surface area contributed by atoms with E-state index in [9.17, 15) is 8.78 Å². The summed E-state index contributed by atoms with van der Waals surface area (Å²) in [5, 5.41) is 1.44. The number of thioether (sulfide) groups is 1. The van der Waals surface area contributed by atoms with Crippen LogP contribution in [0, 0.1) is 11.6 Å². The van der Waals surface area contributed by atoms with Gasteiger partial charge >= 0.3 is 0 Å². The lowest BCUT2D eigenvalue weighted by Gasteiger charge is -2.39. The first-order chi connectivity index (χ1) is 18.6. The van der Waals surface area contributed by atoms with Crippen LogP contribution in [0.1, 0.15) is 18.2 Å². The molecule has 0 amide bonds. The molecule has 0 bridgehead atoms. The summed E-state index contributed by atoms with van der Waals surface area (Å²) in [5.41, 5.74) is 6.13. The number of nitrogens with two attached hydrogens (primary N) is 2. The lowest BCUT2D eigenvalue weighted by atomic mass is 10.1. The molecule has 1 aliphatic heterocycles. The van der Waals surface area contributed by atoms with E-state index in [1.807, 2.05) is 13.0 Å². The van der Waals surface area contributed by atoms with Crippen molar-refractivity contribution in [2.75, 3.05) is 13.2 Å². The molecule has 0 spiro atoms. The van der Waals surface area contributed by atoms with E-state index in [0.29, 0.717) is 22.3 Å². The number of halogens is 5. The molecule has 3 aromatic rings. The summed E-state index contributed by atoms with van der Waals surface area (Å²) < 4.78 is 51.0. The van der Waals surface area contributed by atoms with Gasteiger partial charge < -0.3 is 29.4 Å². The van der Waals surface area contributed by atoms with Crippen LogP contribution in [-0.2, 0) is 20.8 Å². The van der Waals surface area contributed by atoms with Crippen molar-refractivity contribution in [1.29, 1.82) is 0 Å². The molecule has 2 heterocycles. The van der Waals surface area contributed by atoms with E-state index in [0.717, 1.165) is 17.0 Å². The van der Waals surface area contributed by atoms with Gasteiger partial charge in [0.1, 0.15) is 46.3 Å². The number of ether oxygens (including phenoxy) is 3. The molecule has 1 aromatic heterocycles. The summed E-state index contributed by atoms with van der Waals surface area (Å²) in [6, 6.07) is 7.27. The Hall–Kier alpha value is -2.09. The van der Waals surface area contributed by atoms with Gasteiger partial charge in [0.25, 0.3) is 0 Å². The van der Waals surface area contributed by atoms with E-state index in [-0.39, 0.29) is 36.6 Å². The predicted molar refractivity (Wildman–Crippen MR) is 146 cm³/mol. The number of hydrazine groups is 1. The van der Waals surface area contributed by atoms with Gasteiger partial charge in [-0.2, -0.15) is 0 Å². The molecule has 210 valence electrons. The third-order valence-corrected chi connectivity index (χ3v) is 8.02. The standard InChI is InChI=1S/C25H25Cl3F2N4O4S/c1-13-23(11-36-13)38-25(39-16-2-3-17(26)18(27)6-16)22(37-10-15-9-35-12-33-15)8-34(32)7-21(31)14-4-19(29)24(28)20(30)5-14/h2-7,9,12-13,22-23,25H,8,10-11,31-32H2,1H3/b21-7-/t13?,22-,23?,25?/m0/s1. The maximum Gasteiger partial charge on any atom is 0.180 e. The summed E-state index contributed by atoms with van der Waals surface area (Å²) in [4.78, 5) is 4.87. The molecule has 1 saturated heterocycles. The Morgan fingerprint density at radius 3 is 2.56 bits per heavy atom. The van der Waals surface area contributed by atoms with Crippen LogP contribution in [0.5, 0.6) is 0 Å². The lowest BCUT2D eigenvalue weighted by molar-refractivity contribution is -0.201. The minimum Gasteiger partial charge on any atom is -0.451 e. The van der Waals surface area contributed by atoms with Crippen molar-refractivity contribution in [2.24, 2.45) is 11.6 Å². The highest BCUT2D eigenvalue weighted by Gasteiger charge is 2.36. The van der Waals surface area contributed by atoms with Gasteiger partial charge in [0.2, 0.25) is 0 Å². The van der Waals surface area contributed by atoms with Crippen molar-refractivity contribution in [1.82, 2.24) is 9.99 Å². The molecule has 0 saturated carbocycles. The molecule has 4 atom stereocenters. The van der Waals surface area contributed by atoms with Gasteiger partial charge in [-0.15, -0.1) is 0 Å². The van der Waals surface area contributed by atoms with E-state index in [2.05, 4.69) is 4.98 Å². The molecule has 1 aliphatic rings. The zero-order chi connectivity index (χ0) is 28.1. The van der Waals surface area contributed by atoms with Gasteiger partial charge in [0.05, 0.1) is 41.6 Å². The van der Waals surface area contributed by atoms with E-state index in [1.54, 1.807) is 12.1 Å². The maximum atomic E-state index is 14.0. The van der Waals surface area contributed by atoms with Crippen molar-refractivity contribution >= 4 is 52.3 Å². The molecule has 0 aliphatic carbocycles. The Bertz CT molecular complexity index is 1280. The zero-order valence-electron chi connectivity index (χ0n) is 20.5. The molecule has 8 nitrogen and oxygen atoms in total. The quantitative estimate of drug-likeness (QED) is 0.0846. The minimum atomic E-state index is -0.941. The SMILES string of the molecule is CC1OCC1OC(Sc1ccc(Cl)c(Cl)c1)[C@H](CN(N)/C=C(\N)c1cc(F)c(Cl)c(F)c1)OCc1cocn1. The van der Waals surface area contributed by atoms with Crippen LogP contribution >= 0.6 is 46.6 Å². The Labute approximate surface area is 243 Å². The van der Waals surface area contributed by atoms with Crippen LogP contribution in [-0.4, -0.2) is 46.9 Å². The van der Waals surface area contributed by atoms with Crippen molar-refractivity contribution in [2.45, 2.75) is 42.2 Å². The highest BCUT2D eigenvalue weighted by molar-refractivity contribution is 7.99. The van der Waals surface area contributed by atoms with Gasteiger partial charge in [-0.1, -0.05) is 46.6 Å². The number of nitrogens with zero attached hydrogens (tertiary/aromatic N) is 2. The molecule has 0 radical (unpaired) electrons. The highest BCUT2D eigenvalue weighted by atomic mass is 35.5. The number of oxazole rings is 1. The Morgan fingerprint density at radius 1 is 1.23 bits per heavy atom. The zero-order valence-corrected chi connectivity index (χ0v) is 23.6. The third-order valence-electron chi connectivity index (χ3n) is 5.74. The van der Waals surface area contributed by atoms with Crippen LogP contribution in [0.25, 0.3) is 5.70 Å². The molecular weight excluding hydrogens is 597 g/mol. The molecule has 4 rings (SSSR count). The van der Waals surface area contributed by atoms with Gasteiger partial charge in [-0.3, -0.25) is 0 Å². The molecule has 3 unspecified atom stereocenters. The fourth-order valence-electron chi connectivity index (χ4n) is 3.52. The highest BCUT2D eigenvalue weighted by Crippen LogP contribution is 2.35. The van der Waals surface area contributed by atoms with Crippen molar-refractivity contribution < 1.29 is 27.4 Å². The fourth-order valence-corrected chi connectivity index (χ4v) is 5.11. The van der Waals surface area contributed by atoms with Gasteiger partial charge in [0, 0.05) is 16.7 Å².